The molecule has 0 saturated heterocycles. The molecule has 5 atom stereocenters. The van der Waals surface area contributed by atoms with Crippen LogP contribution in [0.25, 0.3) is 0 Å². The van der Waals surface area contributed by atoms with Gasteiger partial charge in [-0.05, 0) is 132 Å². The maximum atomic E-state index is 14.9. The van der Waals surface area contributed by atoms with Gasteiger partial charge in [0.15, 0.2) is 0 Å². The Morgan fingerprint density at radius 3 is 1.79 bits per heavy atom. The molecule has 1 fully saturated rings. The summed E-state index contributed by atoms with van der Waals surface area (Å²) < 4.78 is 32.5. The van der Waals surface area contributed by atoms with Crippen LogP contribution in [0.15, 0.2) is 126 Å². The van der Waals surface area contributed by atoms with Crippen molar-refractivity contribution < 1.29 is 22.8 Å². The van der Waals surface area contributed by atoms with Crippen LogP contribution in [0.1, 0.15) is 98.2 Å². The predicted molar refractivity (Wildman–Crippen MR) is 248 cm³/mol. The second-order valence-corrected chi connectivity index (χ2v) is 20.0. The number of carbonyl (C=O) groups is 3. The van der Waals surface area contributed by atoms with Crippen molar-refractivity contribution in [3.8, 4) is 0 Å². The topological polar surface area (TPSA) is 133 Å². The number of benzene rings is 5. The van der Waals surface area contributed by atoms with Gasteiger partial charge in [-0.3, -0.25) is 14.4 Å². The Kier molecular flexibility index (Phi) is 13.2. The molecule has 7 rings (SSSR count). The molecule has 5 aromatic rings. The normalized spacial score (nSPS) is 20.6. The molecule has 4 N–H and O–H groups in total. The number of sulfonamides is 1. The fourth-order valence-corrected chi connectivity index (χ4v) is 11.6. The number of aryl methyl sites for hydroxylation is 3. The second kappa shape index (κ2) is 18.4. The summed E-state index contributed by atoms with van der Waals surface area (Å²) in [4.78, 5) is 43.0. The van der Waals surface area contributed by atoms with Crippen molar-refractivity contribution in [2.24, 2.45) is 11.3 Å². The lowest BCUT2D eigenvalue weighted by atomic mass is 9.49. The van der Waals surface area contributed by atoms with Crippen LogP contribution in [-0.2, 0) is 49.1 Å². The van der Waals surface area contributed by atoms with Crippen LogP contribution in [-0.4, -0.2) is 38.2 Å². The van der Waals surface area contributed by atoms with Crippen LogP contribution < -0.4 is 20.7 Å². The first-order valence-corrected chi connectivity index (χ1v) is 23.4. The average Bonchev–Trinajstić information content (AvgIpc) is 3.23. The fourth-order valence-electron chi connectivity index (χ4n) is 10.0. The number of hydrogen-bond donors (Lipinski definition) is 4. The molecular weight excluding hydrogens is 793 g/mol. The highest BCUT2D eigenvalue weighted by atomic mass is 32.2. The van der Waals surface area contributed by atoms with Crippen molar-refractivity contribution in [3.63, 3.8) is 0 Å². The fraction of sp³-hybridized carbons (Fsp3) is 0.365. The first-order chi connectivity index (χ1) is 29.6. The predicted octanol–water partition coefficient (Wildman–Crippen LogP) is 9.33. The Morgan fingerprint density at radius 1 is 0.694 bits per heavy atom. The van der Waals surface area contributed by atoms with E-state index in [1.807, 2.05) is 150 Å². The lowest BCUT2D eigenvalue weighted by Crippen LogP contribution is -2.58. The number of carbonyl (C=O) groups excluding carboxylic acids is 3. The summed E-state index contributed by atoms with van der Waals surface area (Å²) in [6, 6.07) is 36.1. The standard InChI is InChI=1S/C52H60N4O5S/c1-34(2)42-32-39-24-25-47-51(5,26-15-27-52(47,6)50(59)55-44(30-37-18-9-7-10-19-37)48(57)53-40-22-13-16-35(3)28-40)43(39)33-46(42)62(60,61)56-45(31-38-20-11-8-12-21-38)49(58)54-41-23-14-17-36(4)29-41/h7-14,16-23,28-29,32-34,44-45,47,56H,15,24-27,30-31H2,1-6H3,(H,53,57)(H,54,58)(H,55,59)/t44-,45-,47-,51-,52-/m1/s1. The lowest BCUT2D eigenvalue weighted by Gasteiger charge is -2.55. The van der Waals surface area contributed by atoms with E-state index in [-0.39, 0.29) is 35.0 Å². The van der Waals surface area contributed by atoms with E-state index in [2.05, 4.69) is 27.6 Å². The van der Waals surface area contributed by atoms with Crippen molar-refractivity contribution in [3.05, 3.63) is 160 Å². The summed E-state index contributed by atoms with van der Waals surface area (Å²) in [7, 11) is -4.26. The largest absolute Gasteiger partial charge is 0.343 e. The zero-order chi connectivity index (χ0) is 44.2. The molecule has 62 heavy (non-hydrogen) atoms. The van der Waals surface area contributed by atoms with Gasteiger partial charge in [0.05, 0.1) is 10.3 Å². The number of fused-ring (bicyclic) bond motifs is 3. The summed E-state index contributed by atoms with van der Waals surface area (Å²) in [5.74, 6) is -1.17. The summed E-state index contributed by atoms with van der Waals surface area (Å²) in [5.41, 5.74) is 6.33. The molecule has 2 aliphatic carbocycles. The SMILES string of the molecule is Cc1cccc(NC(=O)[C@@H](Cc2ccccc2)NC(=O)[C@]2(C)CCC[C@]3(C)c4cc(S(=O)(=O)N[C@H](Cc5ccccc5)C(=O)Nc5cccc(C)c5)c(C(C)C)cc4CC[C@@H]23)c1. The van der Waals surface area contributed by atoms with Gasteiger partial charge in [0.2, 0.25) is 27.7 Å². The molecule has 324 valence electrons. The molecule has 0 radical (unpaired) electrons. The third-order valence-corrected chi connectivity index (χ3v) is 14.8. The molecule has 5 aromatic carbocycles. The summed E-state index contributed by atoms with van der Waals surface area (Å²) in [6.07, 6.45) is 4.07. The van der Waals surface area contributed by atoms with Gasteiger partial charge >= 0.3 is 0 Å². The van der Waals surface area contributed by atoms with Gasteiger partial charge in [0.25, 0.3) is 0 Å². The van der Waals surface area contributed by atoms with Gasteiger partial charge in [-0.2, -0.15) is 4.72 Å². The third kappa shape index (κ3) is 9.72. The molecule has 0 heterocycles. The number of rotatable bonds is 14. The van der Waals surface area contributed by atoms with Crippen molar-refractivity contribution in [2.75, 3.05) is 10.6 Å². The van der Waals surface area contributed by atoms with Crippen LogP contribution in [0.4, 0.5) is 11.4 Å². The molecule has 2 aliphatic rings. The Bertz CT molecular complexity index is 2540. The summed E-state index contributed by atoms with van der Waals surface area (Å²) >= 11 is 0. The summed E-state index contributed by atoms with van der Waals surface area (Å²) in [6.45, 7) is 12.1. The zero-order valence-corrected chi connectivity index (χ0v) is 37.6. The molecule has 10 heteroatoms. The minimum atomic E-state index is -4.26. The average molecular weight is 853 g/mol. The van der Waals surface area contributed by atoms with E-state index >= 15 is 0 Å². The number of anilines is 2. The smallest absolute Gasteiger partial charge is 0.247 e. The molecule has 0 spiro atoms. The number of hydrogen-bond acceptors (Lipinski definition) is 5. The molecule has 3 amide bonds. The van der Waals surface area contributed by atoms with Gasteiger partial charge in [-0.1, -0.05) is 125 Å². The van der Waals surface area contributed by atoms with Crippen LogP contribution in [0, 0.1) is 25.2 Å². The summed E-state index contributed by atoms with van der Waals surface area (Å²) in [5, 5.41) is 9.21. The number of amides is 3. The van der Waals surface area contributed by atoms with Gasteiger partial charge < -0.3 is 16.0 Å². The molecule has 0 aromatic heterocycles. The molecule has 0 unspecified atom stereocenters. The molecule has 1 saturated carbocycles. The zero-order valence-electron chi connectivity index (χ0n) is 36.8. The van der Waals surface area contributed by atoms with E-state index in [0.29, 0.717) is 36.2 Å². The van der Waals surface area contributed by atoms with Gasteiger partial charge in [-0.15, -0.1) is 0 Å². The minimum Gasteiger partial charge on any atom is -0.343 e. The highest BCUT2D eigenvalue weighted by Gasteiger charge is 2.55. The van der Waals surface area contributed by atoms with Crippen molar-refractivity contribution >= 4 is 39.1 Å². The van der Waals surface area contributed by atoms with Crippen LogP contribution >= 0.6 is 0 Å². The van der Waals surface area contributed by atoms with E-state index in [9.17, 15) is 22.8 Å². The van der Waals surface area contributed by atoms with E-state index < -0.39 is 38.8 Å². The second-order valence-electron chi connectivity index (χ2n) is 18.3. The van der Waals surface area contributed by atoms with Crippen LogP contribution in [0.5, 0.6) is 0 Å². The molecular formula is C52H60N4O5S. The lowest BCUT2D eigenvalue weighted by molar-refractivity contribution is -0.141. The third-order valence-electron chi connectivity index (χ3n) is 13.3. The quantitative estimate of drug-likeness (QED) is 0.0884. The Morgan fingerprint density at radius 2 is 1.24 bits per heavy atom. The first-order valence-electron chi connectivity index (χ1n) is 21.9. The number of nitrogens with one attached hydrogen (secondary N) is 4. The maximum Gasteiger partial charge on any atom is 0.247 e. The van der Waals surface area contributed by atoms with E-state index in [1.54, 1.807) is 6.07 Å². The Labute approximate surface area is 367 Å². The van der Waals surface area contributed by atoms with Crippen LogP contribution in [0.2, 0.25) is 0 Å². The van der Waals surface area contributed by atoms with Crippen molar-refractivity contribution in [1.29, 1.82) is 0 Å². The highest BCUT2D eigenvalue weighted by molar-refractivity contribution is 7.89. The van der Waals surface area contributed by atoms with Gasteiger partial charge in [0.1, 0.15) is 12.1 Å². The Balaban J connectivity index is 1.20. The molecule has 0 bridgehead atoms. The monoisotopic (exact) mass is 852 g/mol. The van der Waals surface area contributed by atoms with E-state index in [4.69, 9.17) is 0 Å². The minimum absolute atomic E-state index is 0.124. The van der Waals surface area contributed by atoms with Crippen LogP contribution in [0.3, 0.4) is 0 Å². The van der Waals surface area contributed by atoms with E-state index in [0.717, 1.165) is 52.6 Å². The molecule has 9 nitrogen and oxygen atoms in total. The van der Waals surface area contributed by atoms with Gasteiger partial charge in [-0.25, -0.2) is 8.42 Å². The highest BCUT2D eigenvalue weighted by Crippen LogP contribution is 2.58. The Hall–Kier alpha value is -5.58. The van der Waals surface area contributed by atoms with Crippen molar-refractivity contribution in [2.45, 2.75) is 115 Å². The molecule has 0 aliphatic heterocycles. The van der Waals surface area contributed by atoms with E-state index in [1.165, 1.54) is 0 Å². The maximum absolute atomic E-state index is 14.9. The van der Waals surface area contributed by atoms with Gasteiger partial charge in [0, 0.05) is 17.8 Å². The first kappa shape index (κ1) is 44.5. The van der Waals surface area contributed by atoms with Crippen molar-refractivity contribution in [1.82, 2.24) is 10.0 Å².